The van der Waals surface area contributed by atoms with Crippen LogP contribution in [0.2, 0.25) is 0 Å². The number of carboxylic acids is 2. The number of ether oxygens (including phenoxy) is 1. The minimum atomic E-state index is -0.970. The van der Waals surface area contributed by atoms with Crippen LogP contribution < -0.4 is 4.74 Å². The molecule has 0 saturated heterocycles. The molecule has 1 aliphatic heterocycles. The van der Waals surface area contributed by atoms with Gasteiger partial charge in [0.1, 0.15) is 11.5 Å². The molecular weight excluding hydrogens is 623 g/mol. The van der Waals surface area contributed by atoms with Gasteiger partial charge < -0.3 is 24.7 Å². The molecule has 3 rings (SSSR count). The molecule has 2 N–H and O–H groups in total. The number of carbonyl (C=O) groups is 2. The zero-order valence-electron chi connectivity index (χ0n) is 28.5. The minimum absolute atomic E-state index is 0. The Hall–Kier alpha value is -2.32. The van der Waals surface area contributed by atoms with E-state index in [1.807, 2.05) is 0 Å². The van der Waals surface area contributed by atoms with Gasteiger partial charge in [-0.3, -0.25) is 0 Å². The fourth-order valence-corrected chi connectivity index (χ4v) is 6.59. The first kappa shape index (κ1) is 41.7. The second-order valence-corrected chi connectivity index (χ2v) is 12.5. The zero-order valence-corrected chi connectivity index (χ0v) is 30.2. The highest BCUT2D eigenvalue weighted by atomic mass is 35.5. The van der Waals surface area contributed by atoms with Crippen LogP contribution in [0.3, 0.4) is 0 Å². The third-order valence-electron chi connectivity index (χ3n) is 9.17. The van der Waals surface area contributed by atoms with E-state index in [1.165, 1.54) is 25.7 Å². The van der Waals surface area contributed by atoms with Gasteiger partial charge >= 0.3 is 11.9 Å². The molecule has 0 unspecified atom stereocenters. The summed E-state index contributed by atoms with van der Waals surface area (Å²) in [6.07, 6.45) is 12.8. The Balaban J connectivity index is 0.00000529. The zero-order chi connectivity index (χ0) is 32.0. The minimum Gasteiger partial charge on any atom is -0.478 e. The summed E-state index contributed by atoms with van der Waals surface area (Å²) in [5, 5.41) is 19.9. The molecule has 0 spiro atoms. The SMILES string of the molecule is CCCCN(CCCC)CCCC1(CCCN(CCCC)CCCC)c2cc(C(=O)O)ccc2Oc2ccc(C(=O)O)cc21.Cl.Cl. The van der Waals surface area contributed by atoms with Crippen LogP contribution in [0.1, 0.15) is 137 Å². The van der Waals surface area contributed by atoms with Gasteiger partial charge in [0.05, 0.1) is 11.1 Å². The van der Waals surface area contributed by atoms with Crippen molar-refractivity contribution in [2.75, 3.05) is 39.3 Å². The Morgan fingerprint density at radius 2 is 0.913 bits per heavy atom. The van der Waals surface area contributed by atoms with Gasteiger partial charge in [-0.15, -0.1) is 24.8 Å². The number of benzene rings is 2. The molecule has 0 aliphatic carbocycles. The Bertz CT molecular complexity index is 1100. The summed E-state index contributed by atoms with van der Waals surface area (Å²) in [6, 6.07) is 10.3. The molecule has 2 aromatic rings. The van der Waals surface area contributed by atoms with Gasteiger partial charge in [0, 0.05) is 16.5 Å². The predicted octanol–water partition coefficient (Wildman–Crippen LogP) is 9.68. The topological polar surface area (TPSA) is 90.3 Å². The van der Waals surface area contributed by atoms with Gasteiger partial charge in [0.25, 0.3) is 0 Å². The quantitative estimate of drug-likeness (QED) is 0.128. The lowest BCUT2D eigenvalue weighted by Gasteiger charge is -2.42. The standard InChI is InChI=1S/C37H56N2O5.2ClH/c1-5-9-21-38(22-10-6-2)25-13-19-37(20-14-26-39(23-11-7-3)24-12-8-4)31-27-29(35(40)41)15-17-33(31)44-34-18-16-30(36(42)43)28-32(34)37;;/h15-18,27-28H,5-14,19-26H2,1-4H3,(H,40,41)(H,42,43);2*1H. The van der Waals surface area contributed by atoms with Crippen molar-refractivity contribution in [1.82, 2.24) is 9.80 Å². The second-order valence-electron chi connectivity index (χ2n) is 12.5. The highest BCUT2D eigenvalue weighted by Crippen LogP contribution is 2.53. The number of hydrogen-bond acceptors (Lipinski definition) is 5. The molecule has 0 atom stereocenters. The van der Waals surface area contributed by atoms with E-state index in [4.69, 9.17) is 4.74 Å². The van der Waals surface area contributed by atoms with Gasteiger partial charge in [-0.05, 0) is 127 Å². The lowest BCUT2D eigenvalue weighted by molar-refractivity contribution is 0.0686. The molecule has 1 heterocycles. The maximum absolute atomic E-state index is 12.2. The van der Waals surface area contributed by atoms with E-state index in [0.717, 1.165) is 102 Å². The van der Waals surface area contributed by atoms with Gasteiger partial charge in [0.15, 0.2) is 0 Å². The van der Waals surface area contributed by atoms with E-state index in [2.05, 4.69) is 37.5 Å². The highest BCUT2D eigenvalue weighted by molar-refractivity contribution is 5.89. The first-order chi connectivity index (χ1) is 21.3. The maximum atomic E-state index is 12.2. The Kier molecular flexibility index (Phi) is 19.5. The van der Waals surface area contributed by atoms with Gasteiger partial charge in [-0.25, -0.2) is 9.59 Å². The molecule has 0 radical (unpaired) electrons. The number of unbranched alkanes of at least 4 members (excludes halogenated alkanes) is 4. The summed E-state index contributed by atoms with van der Waals surface area (Å²) < 4.78 is 6.36. The van der Waals surface area contributed by atoms with E-state index in [-0.39, 0.29) is 35.9 Å². The molecule has 46 heavy (non-hydrogen) atoms. The Morgan fingerprint density at radius 3 is 1.22 bits per heavy atom. The summed E-state index contributed by atoms with van der Waals surface area (Å²) in [7, 11) is 0. The third-order valence-corrected chi connectivity index (χ3v) is 9.17. The number of aromatic carboxylic acids is 2. The van der Waals surface area contributed by atoms with E-state index in [1.54, 1.807) is 36.4 Å². The molecule has 1 aliphatic rings. The van der Waals surface area contributed by atoms with Crippen LogP contribution in [0.25, 0.3) is 0 Å². The number of fused-ring (bicyclic) bond motifs is 2. The van der Waals surface area contributed by atoms with Crippen molar-refractivity contribution < 1.29 is 24.5 Å². The summed E-state index contributed by atoms with van der Waals surface area (Å²) in [6.45, 7) is 15.2. The molecular formula is C37H58Cl2N2O5. The molecule has 0 fully saturated rings. The smallest absolute Gasteiger partial charge is 0.335 e. The van der Waals surface area contributed by atoms with Gasteiger partial charge in [-0.2, -0.15) is 0 Å². The maximum Gasteiger partial charge on any atom is 0.335 e. The van der Waals surface area contributed by atoms with Crippen molar-refractivity contribution in [2.45, 2.75) is 110 Å². The predicted molar refractivity (Wildman–Crippen MR) is 193 cm³/mol. The van der Waals surface area contributed by atoms with E-state index in [0.29, 0.717) is 11.5 Å². The van der Waals surface area contributed by atoms with E-state index < -0.39 is 17.4 Å². The molecule has 0 saturated carbocycles. The van der Waals surface area contributed by atoms with Crippen molar-refractivity contribution in [1.29, 1.82) is 0 Å². The average Bonchev–Trinajstić information content (AvgIpc) is 3.02. The van der Waals surface area contributed by atoms with Gasteiger partial charge in [0.2, 0.25) is 0 Å². The Labute approximate surface area is 289 Å². The van der Waals surface area contributed by atoms with Crippen molar-refractivity contribution in [3.05, 3.63) is 58.7 Å². The van der Waals surface area contributed by atoms with Crippen molar-refractivity contribution in [2.24, 2.45) is 0 Å². The molecule has 0 amide bonds. The first-order valence-electron chi connectivity index (χ1n) is 17.2. The fraction of sp³-hybridized carbons (Fsp3) is 0.622. The summed E-state index contributed by atoms with van der Waals surface area (Å²) in [5.74, 6) is -0.591. The molecule has 0 aromatic heterocycles. The fourth-order valence-electron chi connectivity index (χ4n) is 6.59. The van der Waals surface area contributed by atoms with Gasteiger partial charge in [-0.1, -0.05) is 53.4 Å². The van der Waals surface area contributed by atoms with Crippen LogP contribution in [0.15, 0.2) is 36.4 Å². The first-order valence-corrected chi connectivity index (χ1v) is 17.2. The second kappa shape index (κ2) is 21.5. The van der Waals surface area contributed by atoms with Crippen LogP contribution in [0, 0.1) is 0 Å². The lowest BCUT2D eigenvalue weighted by atomic mass is 9.66. The summed E-state index contributed by atoms with van der Waals surface area (Å²) in [5.41, 5.74) is 1.65. The average molecular weight is 682 g/mol. The van der Waals surface area contributed by atoms with Crippen LogP contribution in [-0.2, 0) is 5.41 Å². The number of hydrogen-bond donors (Lipinski definition) is 2. The number of nitrogens with zero attached hydrogens (tertiary/aromatic N) is 2. The normalized spacial score (nSPS) is 12.9. The highest BCUT2D eigenvalue weighted by Gasteiger charge is 2.42. The van der Waals surface area contributed by atoms with Crippen LogP contribution >= 0.6 is 24.8 Å². The van der Waals surface area contributed by atoms with Crippen molar-refractivity contribution >= 4 is 36.8 Å². The monoisotopic (exact) mass is 680 g/mol. The number of rotatable bonds is 22. The Morgan fingerprint density at radius 1 is 0.587 bits per heavy atom. The number of halogens is 2. The van der Waals surface area contributed by atoms with Crippen LogP contribution in [0.4, 0.5) is 0 Å². The van der Waals surface area contributed by atoms with Crippen molar-refractivity contribution in [3.63, 3.8) is 0 Å². The summed E-state index contributed by atoms with van der Waals surface area (Å²) >= 11 is 0. The van der Waals surface area contributed by atoms with E-state index in [9.17, 15) is 19.8 Å². The molecule has 2 aromatic carbocycles. The third kappa shape index (κ3) is 11.4. The molecule has 9 heteroatoms. The lowest BCUT2D eigenvalue weighted by Crippen LogP contribution is -2.36. The molecule has 0 bridgehead atoms. The number of carboxylic acid groups (broad SMARTS) is 2. The van der Waals surface area contributed by atoms with Crippen LogP contribution in [-0.4, -0.2) is 71.2 Å². The molecule has 260 valence electrons. The van der Waals surface area contributed by atoms with E-state index >= 15 is 0 Å². The van der Waals surface area contributed by atoms with Crippen LogP contribution in [0.5, 0.6) is 11.5 Å². The largest absolute Gasteiger partial charge is 0.478 e. The van der Waals surface area contributed by atoms with Crippen molar-refractivity contribution in [3.8, 4) is 11.5 Å². The molecule has 7 nitrogen and oxygen atoms in total. The summed E-state index contributed by atoms with van der Waals surface area (Å²) in [4.78, 5) is 29.5.